The van der Waals surface area contributed by atoms with E-state index < -0.39 is 41.0 Å². The van der Waals surface area contributed by atoms with Crippen LogP contribution in [0.25, 0.3) is 0 Å². The van der Waals surface area contributed by atoms with Crippen molar-refractivity contribution in [1.29, 1.82) is 0 Å². The lowest BCUT2D eigenvalue weighted by Crippen LogP contribution is -2.28. The van der Waals surface area contributed by atoms with E-state index in [4.69, 9.17) is 10.2 Å². The minimum Gasteiger partial charge on any atom is -0.481 e. The Morgan fingerprint density at radius 3 is 2.21 bits per heavy atom. The number of carbonyl (C=O) groups is 2. The first-order valence-corrected chi connectivity index (χ1v) is 6.66. The summed E-state index contributed by atoms with van der Waals surface area (Å²) in [6.45, 7) is 0. The molecule has 19 heavy (non-hydrogen) atoms. The second-order valence-corrected chi connectivity index (χ2v) is 5.19. The lowest BCUT2D eigenvalue weighted by molar-refractivity contribution is -0.146. The SMILES string of the molecule is O=C(O)CCC(OS(=O)(=O)c1ccccc1)C(=O)O. The fraction of sp³-hybridized carbons (Fsp3) is 0.273. The summed E-state index contributed by atoms with van der Waals surface area (Å²) in [5.74, 6) is -2.76. The number of benzene rings is 1. The maximum atomic E-state index is 11.8. The quantitative estimate of drug-likeness (QED) is 0.709. The molecule has 0 aliphatic rings. The zero-order valence-corrected chi connectivity index (χ0v) is 10.5. The second-order valence-electron chi connectivity index (χ2n) is 3.62. The van der Waals surface area contributed by atoms with Crippen molar-refractivity contribution >= 4 is 22.1 Å². The third kappa shape index (κ3) is 4.68. The monoisotopic (exact) mass is 288 g/mol. The lowest BCUT2D eigenvalue weighted by Gasteiger charge is -2.12. The molecule has 0 heterocycles. The first kappa shape index (κ1) is 15.1. The first-order valence-electron chi connectivity index (χ1n) is 5.26. The van der Waals surface area contributed by atoms with Gasteiger partial charge in [-0.3, -0.25) is 8.98 Å². The molecule has 1 aromatic rings. The molecule has 0 saturated heterocycles. The number of carboxylic acid groups (broad SMARTS) is 2. The van der Waals surface area contributed by atoms with Crippen molar-refractivity contribution in [3.63, 3.8) is 0 Å². The molecule has 8 heteroatoms. The molecule has 0 spiro atoms. The minimum absolute atomic E-state index is 0.184. The molecule has 1 rings (SSSR count). The van der Waals surface area contributed by atoms with Crippen LogP contribution in [0.2, 0.25) is 0 Å². The number of hydrogen-bond acceptors (Lipinski definition) is 5. The van der Waals surface area contributed by atoms with Gasteiger partial charge >= 0.3 is 11.9 Å². The molecule has 0 fully saturated rings. The van der Waals surface area contributed by atoms with Gasteiger partial charge in [-0.1, -0.05) is 18.2 Å². The molecule has 0 aliphatic carbocycles. The van der Waals surface area contributed by atoms with Crippen molar-refractivity contribution in [3.8, 4) is 0 Å². The summed E-state index contributed by atoms with van der Waals surface area (Å²) in [4.78, 5) is 21.0. The summed E-state index contributed by atoms with van der Waals surface area (Å²) in [5.41, 5.74) is 0. The molecular formula is C11H12O7S. The topological polar surface area (TPSA) is 118 Å². The molecule has 1 unspecified atom stereocenters. The highest BCUT2D eigenvalue weighted by molar-refractivity contribution is 7.86. The van der Waals surface area contributed by atoms with Crippen molar-refractivity contribution in [1.82, 2.24) is 0 Å². The van der Waals surface area contributed by atoms with Gasteiger partial charge in [-0.2, -0.15) is 8.42 Å². The van der Waals surface area contributed by atoms with Crippen LogP contribution in [0, 0.1) is 0 Å². The van der Waals surface area contributed by atoms with Crippen LogP contribution in [0.1, 0.15) is 12.8 Å². The third-order valence-electron chi connectivity index (χ3n) is 2.17. The van der Waals surface area contributed by atoms with E-state index in [0.29, 0.717) is 0 Å². The van der Waals surface area contributed by atoms with Crippen LogP contribution in [0.4, 0.5) is 0 Å². The largest absolute Gasteiger partial charge is 0.481 e. The fourth-order valence-corrected chi connectivity index (χ4v) is 2.35. The summed E-state index contributed by atoms with van der Waals surface area (Å²) >= 11 is 0. The highest BCUT2D eigenvalue weighted by atomic mass is 32.2. The molecule has 1 atom stereocenters. The standard InChI is InChI=1S/C11H12O7S/c12-10(13)7-6-9(11(14)15)18-19(16,17)8-4-2-1-3-5-8/h1-5,9H,6-7H2,(H,12,13)(H,14,15). The summed E-state index contributed by atoms with van der Waals surface area (Å²) in [7, 11) is -4.23. The van der Waals surface area contributed by atoms with E-state index >= 15 is 0 Å². The fourth-order valence-electron chi connectivity index (χ4n) is 1.26. The summed E-state index contributed by atoms with van der Waals surface area (Å²) in [6.07, 6.45) is -2.65. The Morgan fingerprint density at radius 2 is 1.74 bits per heavy atom. The van der Waals surface area contributed by atoms with Crippen LogP contribution in [-0.4, -0.2) is 36.7 Å². The average Bonchev–Trinajstić information content (AvgIpc) is 2.35. The summed E-state index contributed by atoms with van der Waals surface area (Å²) < 4.78 is 28.1. The Morgan fingerprint density at radius 1 is 1.16 bits per heavy atom. The summed E-state index contributed by atoms with van der Waals surface area (Å²) in [6, 6.07) is 7.03. The molecule has 0 bridgehead atoms. The van der Waals surface area contributed by atoms with Gasteiger partial charge in [-0.05, 0) is 18.6 Å². The van der Waals surface area contributed by atoms with E-state index in [0.717, 1.165) is 0 Å². The Hall–Kier alpha value is -1.93. The summed E-state index contributed by atoms with van der Waals surface area (Å²) in [5, 5.41) is 17.3. The van der Waals surface area contributed by atoms with Gasteiger partial charge in [0.25, 0.3) is 10.1 Å². The van der Waals surface area contributed by atoms with E-state index in [2.05, 4.69) is 4.18 Å². The maximum absolute atomic E-state index is 11.8. The predicted octanol–water partition coefficient (Wildman–Crippen LogP) is 0.710. The Balaban J connectivity index is 2.84. The van der Waals surface area contributed by atoms with Crippen molar-refractivity contribution in [2.45, 2.75) is 23.8 Å². The highest BCUT2D eigenvalue weighted by Crippen LogP contribution is 2.16. The highest BCUT2D eigenvalue weighted by Gasteiger charge is 2.27. The number of aliphatic carboxylic acids is 2. The third-order valence-corrected chi connectivity index (χ3v) is 3.51. The average molecular weight is 288 g/mol. The number of hydrogen-bond donors (Lipinski definition) is 2. The van der Waals surface area contributed by atoms with Crippen molar-refractivity contribution in [2.75, 3.05) is 0 Å². The molecule has 1 aromatic carbocycles. The van der Waals surface area contributed by atoms with Gasteiger partial charge in [0.1, 0.15) is 0 Å². The predicted molar refractivity (Wildman–Crippen MR) is 63.0 cm³/mol. The smallest absolute Gasteiger partial charge is 0.334 e. The Bertz CT molecular complexity index is 550. The van der Waals surface area contributed by atoms with Crippen LogP contribution < -0.4 is 0 Å². The maximum Gasteiger partial charge on any atom is 0.334 e. The van der Waals surface area contributed by atoms with Crippen LogP contribution in [0.3, 0.4) is 0 Å². The Labute approximate surface area is 109 Å². The van der Waals surface area contributed by atoms with Gasteiger partial charge < -0.3 is 10.2 Å². The zero-order valence-electron chi connectivity index (χ0n) is 9.72. The minimum atomic E-state index is -4.23. The first-order chi connectivity index (χ1) is 8.83. The number of rotatable bonds is 7. The molecule has 104 valence electrons. The molecule has 0 saturated carbocycles. The van der Waals surface area contributed by atoms with Crippen molar-refractivity contribution in [3.05, 3.63) is 30.3 Å². The molecule has 0 aliphatic heterocycles. The van der Waals surface area contributed by atoms with Crippen LogP contribution >= 0.6 is 0 Å². The van der Waals surface area contributed by atoms with Crippen LogP contribution in [-0.2, 0) is 23.9 Å². The van der Waals surface area contributed by atoms with Crippen molar-refractivity contribution in [2.24, 2.45) is 0 Å². The van der Waals surface area contributed by atoms with E-state index in [-0.39, 0.29) is 4.90 Å². The van der Waals surface area contributed by atoms with Crippen molar-refractivity contribution < 1.29 is 32.4 Å². The number of carboxylic acids is 2. The van der Waals surface area contributed by atoms with Crippen LogP contribution in [0.5, 0.6) is 0 Å². The van der Waals surface area contributed by atoms with E-state index in [1.807, 2.05) is 0 Å². The van der Waals surface area contributed by atoms with E-state index in [1.165, 1.54) is 24.3 Å². The van der Waals surface area contributed by atoms with Gasteiger partial charge in [0.05, 0.1) is 4.90 Å². The molecule has 0 amide bonds. The van der Waals surface area contributed by atoms with Gasteiger partial charge in [-0.15, -0.1) is 0 Å². The Kier molecular flexibility index (Phi) is 5.02. The van der Waals surface area contributed by atoms with Gasteiger partial charge in [0.2, 0.25) is 0 Å². The zero-order chi connectivity index (χ0) is 14.5. The second kappa shape index (κ2) is 6.30. The van der Waals surface area contributed by atoms with Gasteiger partial charge in [-0.25, -0.2) is 4.79 Å². The van der Waals surface area contributed by atoms with Gasteiger partial charge in [0, 0.05) is 6.42 Å². The lowest BCUT2D eigenvalue weighted by atomic mass is 10.2. The molecule has 7 nitrogen and oxygen atoms in total. The van der Waals surface area contributed by atoms with Gasteiger partial charge in [0.15, 0.2) is 6.10 Å². The molecule has 2 N–H and O–H groups in total. The normalized spacial score (nSPS) is 12.8. The molecular weight excluding hydrogens is 276 g/mol. The van der Waals surface area contributed by atoms with E-state index in [1.54, 1.807) is 6.07 Å². The molecule has 0 radical (unpaired) electrons. The molecule has 0 aromatic heterocycles. The van der Waals surface area contributed by atoms with Crippen LogP contribution in [0.15, 0.2) is 35.2 Å². The van der Waals surface area contributed by atoms with E-state index in [9.17, 15) is 18.0 Å².